The Morgan fingerprint density at radius 3 is 2.00 bits per heavy atom. The number of carboxylic acid groups (broad SMARTS) is 1. The van der Waals surface area contributed by atoms with Crippen LogP contribution in [0.15, 0.2) is 42.5 Å². The Morgan fingerprint density at radius 2 is 1.52 bits per heavy atom. The molecule has 8 nitrogen and oxygen atoms in total. The summed E-state index contributed by atoms with van der Waals surface area (Å²) < 4.78 is 80.9. The number of anilines is 1. The molecule has 1 fully saturated rings. The van der Waals surface area contributed by atoms with Crippen molar-refractivity contribution < 1.29 is 50.6 Å². The van der Waals surface area contributed by atoms with Gasteiger partial charge < -0.3 is 15.3 Å². The summed E-state index contributed by atoms with van der Waals surface area (Å²) in [5, 5.41) is 12.3. The second-order valence-corrected chi connectivity index (χ2v) is 11.3. The van der Waals surface area contributed by atoms with Crippen molar-refractivity contribution in [3.63, 3.8) is 0 Å². The first-order valence-corrected chi connectivity index (χ1v) is 12.8. The SMILES string of the molecule is CC(C)(C)N(C(=O)O)C1(C(=O)N[C@H]2CC(=O)c3ccccc3N(Cc3cc(C(F)(F)F)cc(C(F)(F)F)c3)C2=O)CC1. The number of alkyl halides is 6. The number of rotatable bonds is 5. The van der Waals surface area contributed by atoms with Gasteiger partial charge in [0.15, 0.2) is 5.78 Å². The van der Waals surface area contributed by atoms with Gasteiger partial charge >= 0.3 is 18.4 Å². The minimum atomic E-state index is -5.12. The summed E-state index contributed by atoms with van der Waals surface area (Å²) in [4.78, 5) is 54.3. The van der Waals surface area contributed by atoms with E-state index >= 15 is 0 Å². The molecule has 0 unspecified atom stereocenters. The summed E-state index contributed by atoms with van der Waals surface area (Å²) >= 11 is 0. The molecular weight excluding hydrogens is 572 g/mol. The fraction of sp³-hybridized carbons (Fsp3) is 0.429. The molecule has 1 atom stereocenters. The fourth-order valence-corrected chi connectivity index (χ4v) is 5.28. The van der Waals surface area contributed by atoms with Crippen LogP contribution in [-0.2, 0) is 28.5 Å². The van der Waals surface area contributed by atoms with Crippen molar-refractivity contribution in [1.82, 2.24) is 10.2 Å². The molecule has 14 heteroatoms. The normalized spacial score (nSPS) is 18.7. The molecule has 1 aliphatic carbocycles. The maximum atomic E-state index is 13.8. The largest absolute Gasteiger partial charge is 0.465 e. The van der Waals surface area contributed by atoms with E-state index in [2.05, 4.69) is 5.32 Å². The Balaban J connectivity index is 1.74. The fourth-order valence-electron chi connectivity index (χ4n) is 5.28. The molecule has 0 saturated heterocycles. The molecule has 2 aromatic rings. The smallest absolute Gasteiger partial charge is 0.416 e. The van der Waals surface area contributed by atoms with Crippen LogP contribution in [-0.4, -0.2) is 50.8 Å². The zero-order valence-electron chi connectivity index (χ0n) is 22.7. The number of nitrogens with zero attached hydrogens (tertiary/aromatic N) is 2. The molecule has 0 aromatic heterocycles. The van der Waals surface area contributed by atoms with Gasteiger partial charge in [0.2, 0.25) is 11.8 Å². The van der Waals surface area contributed by atoms with Crippen molar-refractivity contribution in [3.8, 4) is 0 Å². The highest BCUT2D eigenvalue weighted by Crippen LogP contribution is 2.46. The third-order valence-electron chi connectivity index (χ3n) is 7.18. The predicted octanol–water partition coefficient (Wildman–Crippen LogP) is 5.64. The molecule has 2 aliphatic rings. The van der Waals surface area contributed by atoms with E-state index in [1.807, 2.05) is 0 Å². The van der Waals surface area contributed by atoms with Gasteiger partial charge in [-0.25, -0.2) is 4.79 Å². The van der Waals surface area contributed by atoms with Crippen LogP contribution in [0.4, 0.5) is 36.8 Å². The van der Waals surface area contributed by atoms with Crippen LogP contribution in [0.1, 0.15) is 67.1 Å². The lowest BCUT2D eigenvalue weighted by Gasteiger charge is -2.39. The van der Waals surface area contributed by atoms with E-state index < -0.39 is 82.8 Å². The Morgan fingerprint density at radius 1 is 0.976 bits per heavy atom. The molecule has 1 heterocycles. The standard InChI is InChI=1S/C28H27F6N3O5/c1-25(2,3)37(24(41)42)26(8-9-26)23(40)35-19-13-21(38)18-6-4-5-7-20(18)36(22(19)39)14-15-10-16(27(29,30)31)12-17(11-15)28(32,33)34/h4-7,10-12,19H,8-9,13-14H2,1-3H3,(H,35,40)(H,41,42)/t19-/m0/s1. The highest BCUT2D eigenvalue weighted by Gasteiger charge is 2.60. The van der Waals surface area contributed by atoms with Crippen LogP contribution < -0.4 is 10.2 Å². The highest BCUT2D eigenvalue weighted by molar-refractivity contribution is 6.13. The maximum absolute atomic E-state index is 13.8. The van der Waals surface area contributed by atoms with Gasteiger partial charge in [-0.3, -0.25) is 19.3 Å². The zero-order chi connectivity index (χ0) is 31.4. The van der Waals surface area contributed by atoms with Crippen molar-refractivity contribution in [3.05, 3.63) is 64.7 Å². The molecule has 0 bridgehead atoms. The minimum absolute atomic E-state index is 0.0198. The summed E-state index contributed by atoms with van der Waals surface area (Å²) in [6, 6.07) is 4.94. The van der Waals surface area contributed by atoms with Crippen LogP contribution >= 0.6 is 0 Å². The first kappa shape index (κ1) is 30.8. The number of Topliss-reactive ketones (excluding diaryl/α,β-unsaturated/α-hetero) is 1. The number of hydrogen-bond acceptors (Lipinski definition) is 4. The molecule has 2 N–H and O–H groups in total. The van der Waals surface area contributed by atoms with Gasteiger partial charge in [0.05, 0.1) is 23.4 Å². The number of hydrogen-bond donors (Lipinski definition) is 2. The lowest BCUT2D eigenvalue weighted by Crippen LogP contribution is -2.61. The average Bonchev–Trinajstić information content (AvgIpc) is 3.65. The van der Waals surface area contributed by atoms with Gasteiger partial charge in [0.1, 0.15) is 11.6 Å². The van der Waals surface area contributed by atoms with Crippen molar-refractivity contribution in [2.45, 2.75) is 76.1 Å². The van der Waals surface area contributed by atoms with Gasteiger partial charge in [-0.15, -0.1) is 0 Å². The molecule has 226 valence electrons. The molecule has 4 rings (SSSR count). The number of fused-ring (bicyclic) bond motifs is 1. The molecule has 2 aromatic carbocycles. The third-order valence-corrected chi connectivity index (χ3v) is 7.18. The average molecular weight is 600 g/mol. The summed E-state index contributed by atoms with van der Waals surface area (Å²) in [5.41, 5.74) is -6.26. The number of carbonyl (C=O) groups is 4. The van der Waals surface area contributed by atoms with Gasteiger partial charge in [0.25, 0.3) is 0 Å². The van der Waals surface area contributed by atoms with Crippen molar-refractivity contribution >= 4 is 29.4 Å². The number of para-hydroxylation sites is 1. The van der Waals surface area contributed by atoms with Gasteiger partial charge in [-0.1, -0.05) is 12.1 Å². The number of amides is 3. The molecular formula is C28H27F6N3O5. The molecule has 0 radical (unpaired) electrons. The number of nitrogens with one attached hydrogen (secondary N) is 1. The van der Waals surface area contributed by atoms with Crippen molar-refractivity contribution in [2.75, 3.05) is 4.90 Å². The Bertz CT molecular complexity index is 1410. The Kier molecular flexibility index (Phi) is 7.58. The van der Waals surface area contributed by atoms with Crippen molar-refractivity contribution in [1.29, 1.82) is 0 Å². The second-order valence-electron chi connectivity index (χ2n) is 11.3. The van der Waals surface area contributed by atoms with E-state index in [9.17, 15) is 50.6 Å². The van der Waals surface area contributed by atoms with E-state index in [0.29, 0.717) is 12.1 Å². The van der Waals surface area contributed by atoms with Crippen molar-refractivity contribution in [2.24, 2.45) is 0 Å². The second kappa shape index (κ2) is 10.3. The summed E-state index contributed by atoms with van der Waals surface area (Å²) in [6.45, 7) is 3.96. The van der Waals surface area contributed by atoms with Crippen LogP contribution in [0, 0.1) is 0 Å². The van der Waals surface area contributed by atoms with Crippen LogP contribution in [0.5, 0.6) is 0 Å². The number of carbonyl (C=O) groups excluding carboxylic acids is 3. The van der Waals surface area contributed by atoms with E-state index in [1.165, 1.54) is 24.3 Å². The van der Waals surface area contributed by atoms with Crippen LogP contribution in [0.25, 0.3) is 0 Å². The number of halogens is 6. The number of ketones is 1. The number of benzene rings is 2. The first-order chi connectivity index (χ1) is 19.3. The summed E-state index contributed by atoms with van der Waals surface area (Å²) in [7, 11) is 0. The minimum Gasteiger partial charge on any atom is -0.465 e. The molecule has 42 heavy (non-hydrogen) atoms. The topological polar surface area (TPSA) is 107 Å². The molecule has 1 aliphatic heterocycles. The maximum Gasteiger partial charge on any atom is 0.416 e. The molecule has 0 spiro atoms. The van der Waals surface area contributed by atoms with E-state index in [-0.39, 0.29) is 30.2 Å². The predicted molar refractivity (Wildman–Crippen MR) is 137 cm³/mol. The van der Waals surface area contributed by atoms with E-state index in [4.69, 9.17) is 0 Å². The van der Waals surface area contributed by atoms with E-state index in [0.717, 1.165) is 9.80 Å². The van der Waals surface area contributed by atoms with Crippen LogP contribution in [0.2, 0.25) is 0 Å². The summed E-state index contributed by atoms with van der Waals surface area (Å²) in [5.74, 6) is -2.40. The molecule has 3 amide bonds. The van der Waals surface area contributed by atoms with Crippen LogP contribution in [0.3, 0.4) is 0 Å². The first-order valence-electron chi connectivity index (χ1n) is 12.8. The summed E-state index contributed by atoms with van der Waals surface area (Å²) in [6.07, 6.45) is -11.9. The highest BCUT2D eigenvalue weighted by atomic mass is 19.4. The lowest BCUT2D eigenvalue weighted by molar-refractivity contribution is -0.143. The molecule has 1 saturated carbocycles. The quantitative estimate of drug-likeness (QED) is 0.433. The van der Waals surface area contributed by atoms with E-state index in [1.54, 1.807) is 20.8 Å². The lowest BCUT2D eigenvalue weighted by atomic mass is 10.0. The van der Waals surface area contributed by atoms with Gasteiger partial charge in [0, 0.05) is 17.5 Å². The zero-order valence-corrected chi connectivity index (χ0v) is 22.7. The Hall–Kier alpha value is -4.10. The Labute approximate surface area is 236 Å². The van der Waals surface area contributed by atoms with Gasteiger partial charge in [-0.2, -0.15) is 26.3 Å². The van der Waals surface area contributed by atoms with Gasteiger partial charge in [-0.05, 0) is 69.5 Å². The monoisotopic (exact) mass is 599 g/mol. The third kappa shape index (κ3) is 5.93.